The average Bonchev–Trinajstić information content (AvgIpc) is 2.57. The second-order valence-electron chi connectivity index (χ2n) is 5.33. The molecule has 0 radical (unpaired) electrons. The SMILES string of the molecule is CC(C)C(C)Nc1ccc2c(c1)CN(C)C2. The Hall–Kier alpha value is -1.02. The third-order valence-electron chi connectivity index (χ3n) is 3.48. The third-order valence-corrected chi connectivity index (χ3v) is 3.48. The molecule has 1 heterocycles. The van der Waals surface area contributed by atoms with E-state index in [0.29, 0.717) is 12.0 Å². The summed E-state index contributed by atoms with van der Waals surface area (Å²) in [4.78, 5) is 2.35. The Morgan fingerprint density at radius 3 is 2.50 bits per heavy atom. The molecule has 1 aliphatic heterocycles. The zero-order valence-electron chi connectivity index (χ0n) is 10.7. The zero-order valence-corrected chi connectivity index (χ0v) is 10.7. The monoisotopic (exact) mass is 218 g/mol. The Kier molecular flexibility index (Phi) is 3.20. The van der Waals surface area contributed by atoms with E-state index in [1.165, 1.54) is 16.8 Å². The first kappa shape index (κ1) is 11.5. The van der Waals surface area contributed by atoms with Crippen LogP contribution in [0.3, 0.4) is 0 Å². The minimum absolute atomic E-state index is 0.525. The Morgan fingerprint density at radius 2 is 1.81 bits per heavy atom. The molecule has 0 amide bonds. The van der Waals surface area contributed by atoms with Gasteiger partial charge in [-0.15, -0.1) is 0 Å². The molecular weight excluding hydrogens is 196 g/mol. The van der Waals surface area contributed by atoms with Gasteiger partial charge in [-0.05, 0) is 43.1 Å². The van der Waals surface area contributed by atoms with Crippen molar-refractivity contribution in [2.75, 3.05) is 12.4 Å². The van der Waals surface area contributed by atoms with Crippen LogP contribution >= 0.6 is 0 Å². The fraction of sp³-hybridized carbons (Fsp3) is 0.571. The summed E-state index contributed by atoms with van der Waals surface area (Å²) in [6, 6.07) is 7.29. The van der Waals surface area contributed by atoms with E-state index >= 15 is 0 Å². The normalized spacial score (nSPS) is 17.6. The van der Waals surface area contributed by atoms with Gasteiger partial charge >= 0.3 is 0 Å². The van der Waals surface area contributed by atoms with Crippen molar-refractivity contribution in [1.29, 1.82) is 0 Å². The topological polar surface area (TPSA) is 15.3 Å². The molecule has 0 fully saturated rings. The highest BCUT2D eigenvalue weighted by Crippen LogP contribution is 2.25. The average molecular weight is 218 g/mol. The van der Waals surface area contributed by atoms with E-state index < -0.39 is 0 Å². The lowest BCUT2D eigenvalue weighted by Crippen LogP contribution is -2.21. The van der Waals surface area contributed by atoms with Gasteiger partial charge in [0.25, 0.3) is 0 Å². The standard InChI is InChI=1S/C14H22N2/c1-10(2)11(3)15-14-6-5-12-8-16(4)9-13(12)7-14/h5-7,10-11,15H,8-9H2,1-4H3. The van der Waals surface area contributed by atoms with Crippen LogP contribution in [-0.2, 0) is 13.1 Å². The number of hydrogen-bond donors (Lipinski definition) is 1. The molecule has 1 unspecified atom stereocenters. The van der Waals surface area contributed by atoms with Crippen molar-refractivity contribution in [2.24, 2.45) is 5.92 Å². The van der Waals surface area contributed by atoms with Gasteiger partial charge in [-0.25, -0.2) is 0 Å². The van der Waals surface area contributed by atoms with E-state index in [9.17, 15) is 0 Å². The van der Waals surface area contributed by atoms with E-state index in [1.54, 1.807) is 0 Å². The van der Waals surface area contributed by atoms with Crippen LogP contribution in [0.25, 0.3) is 0 Å². The van der Waals surface area contributed by atoms with Crippen LogP contribution in [0, 0.1) is 5.92 Å². The predicted octanol–water partition coefficient (Wildman–Crippen LogP) is 3.09. The first-order valence-electron chi connectivity index (χ1n) is 6.13. The van der Waals surface area contributed by atoms with Gasteiger partial charge in [0.15, 0.2) is 0 Å². The molecule has 2 heteroatoms. The van der Waals surface area contributed by atoms with Crippen molar-refractivity contribution < 1.29 is 0 Å². The molecule has 2 rings (SSSR count). The molecule has 0 spiro atoms. The van der Waals surface area contributed by atoms with Crippen molar-refractivity contribution in [3.05, 3.63) is 29.3 Å². The van der Waals surface area contributed by atoms with Gasteiger partial charge in [0.05, 0.1) is 0 Å². The van der Waals surface area contributed by atoms with Crippen LogP contribution in [0.15, 0.2) is 18.2 Å². The summed E-state index contributed by atoms with van der Waals surface area (Å²) >= 11 is 0. The number of benzene rings is 1. The maximum atomic E-state index is 3.57. The molecule has 0 saturated carbocycles. The molecule has 2 nitrogen and oxygen atoms in total. The number of nitrogens with one attached hydrogen (secondary N) is 1. The molecule has 0 saturated heterocycles. The number of fused-ring (bicyclic) bond motifs is 1. The molecule has 0 bridgehead atoms. The van der Waals surface area contributed by atoms with Gasteiger partial charge in [-0.1, -0.05) is 19.9 Å². The molecule has 1 N–H and O–H groups in total. The van der Waals surface area contributed by atoms with Gasteiger partial charge in [0.1, 0.15) is 0 Å². The summed E-state index contributed by atoms with van der Waals surface area (Å²) in [6.45, 7) is 8.91. The molecular formula is C14H22N2. The number of rotatable bonds is 3. The smallest absolute Gasteiger partial charge is 0.0345 e. The predicted molar refractivity (Wildman–Crippen MR) is 69.5 cm³/mol. The summed E-state index contributed by atoms with van der Waals surface area (Å²) in [5.41, 5.74) is 4.21. The Labute approximate surface area is 98.7 Å². The molecule has 1 aromatic rings. The van der Waals surface area contributed by atoms with E-state index in [2.05, 4.69) is 56.2 Å². The maximum Gasteiger partial charge on any atom is 0.0345 e. The zero-order chi connectivity index (χ0) is 11.7. The fourth-order valence-corrected chi connectivity index (χ4v) is 2.08. The van der Waals surface area contributed by atoms with Crippen LogP contribution in [-0.4, -0.2) is 18.0 Å². The van der Waals surface area contributed by atoms with E-state index in [-0.39, 0.29) is 0 Å². The molecule has 1 aromatic carbocycles. The highest BCUT2D eigenvalue weighted by Gasteiger charge is 2.16. The van der Waals surface area contributed by atoms with E-state index in [4.69, 9.17) is 0 Å². The molecule has 0 aliphatic carbocycles. The summed E-state index contributed by atoms with van der Waals surface area (Å²) in [5.74, 6) is 0.663. The maximum absolute atomic E-state index is 3.57. The quantitative estimate of drug-likeness (QED) is 0.838. The van der Waals surface area contributed by atoms with Gasteiger partial charge in [-0.3, -0.25) is 4.90 Å². The molecule has 16 heavy (non-hydrogen) atoms. The minimum Gasteiger partial charge on any atom is -0.382 e. The number of hydrogen-bond acceptors (Lipinski definition) is 2. The summed E-state index contributed by atoms with van der Waals surface area (Å²) in [6.07, 6.45) is 0. The van der Waals surface area contributed by atoms with E-state index in [1.807, 2.05) is 0 Å². The Morgan fingerprint density at radius 1 is 1.12 bits per heavy atom. The van der Waals surface area contributed by atoms with Crippen LogP contribution in [0.2, 0.25) is 0 Å². The second-order valence-corrected chi connectivity index (χ2v) is 5.33. The third kappa shape index (κ3) is 2.38. The first-order chi connectivity index (χ1) is 7.56. The van der Waals surface area contributed by atoms with Crippen LogP contribution in [0.1, 0.15) is 31.9 Å². The van der Waals surface area contributed by atoms with Crippen molar-refractivity contribution in [3.63, 3.8) is 0 Å². The highest BCUT2D eigenvalue weighted by atomic mass is 15.1. The highest BCUT2D eigenvalue weighted by molar-refractivity contribution is 5.50. The van der Waals surface area contributed by atoms with E-state index in [0.717, 1.165) is 13.1 Å². The van der Waals surface area contributed by atoms with Gasteiger partial charge in [0, 0.05) is 24.8 Å². The van der Waals surface area contributed by atoms with Crippen LogP contribution in [0.5, 0.6) is 0 Å². The van der Waals surface area contributed by atoms with Gasteiger partial charge < -0.3 is 5.32 Å². The first-order valence-corrected chi connectivity index (χ1v) is 6.13. The molecule has 88 valence electrons. The van der Waals surface area contributed by atoms with Crippen molar-refractivity contribution in [1.82, 2.24) is 4.90 Å². The van der Waals surface area contributed by atoms with Crippen molar-refractivity contribution in [3.8, 4) is 0 Å². The lowest BCUT2D eigenvalue weighted by Gasteiger charge is -2.19. The minimum atomic E-state index is 0.525. The second kappa shape index (κ2) is 4.46. The number of nitrogens with zero attached hydrogens (tertiary/aromatic N) is 1. The Balaban J connectivity index is 2.11. The largest absolute Gasteiger partial charge is 0.382 e. The lowest BCUT2D eigenvalue weighted by atomic mass is 10.0. The van der Waals surface area contributed by atoms with Crippen molar-refractivity contribution >= 4 is 5.69 Å². The van der Waals surface area contributed by atoms with Gasteiger partial charge in [-0.2, -0.15) is 0 Å². The number of anilines is 1. The fourth-order valence-electron chi connectivity index (χ4n) is 2.08. The molecule has 1 atom stereocenters. The summed E-state index contributed by atoms with van der Waals surface area (Å²) in [5, 5.41) is 3.57. The summed E-state index contributed by atoms with van der Waals surface area (Å²) < 4.78 is 0. The molecule has 1 aliphatic rings. The van der Waals surface area contributed by atoms with Crippen molar-refractivity contribution in [2.45, 2.75) is 39.9 Å². The lowest BCUT2D eigenvalue weighted by molar-refractivity contribution is 0.353. The summed E-state index contributed by atoms with van der Waals surface area (Å²) in [7, 11) is 2.17. The van der Waals surface area contributed by atoms with Crippen LogP contribution in [0.4, 0.5) is 5.69 Å². The molecule has 0 aromatic heterocycles. The Bertz CT molecular complexity index is 371. The van der Waals surface area contributed by atoms with Crippen LogP contribution < -0.4 is 5.32 Å². The van der Waals surface area contributed by atoms with Gasteiger partial charge in [0.2, 0.25) is 0 Å².